The topological polar surface area (TPSA) is 30.0 Å². The number of nitrogens with zero attached hydrogens (tertiary/aromatic N) is 1. The van der Waals surface area contributed by atoms with Crippen molar-refractivity contribution in [2.24, 2.45) is 0 Å². The summed E-state index contributed by atoms with van der Waals surface area (Å²) in [6, 6.07) is 13.7. The van der Waals surface area contributed by atoms with Gasteiger partial charge >= 0.3 is 0 Å². The van der Waals surface area contributed by atoms with Crippen LogP contribution in [0.3, 0.4) is 0 Å². The van der Waals surface area contributed by atoms with Crippen LogP contribution in [-0.4, -0.2) is 11.3 Å². The molecule has 2 aromatic rings. The predicted octanol–water partition coefficient (Wildman–Crippen LogP) is 2.96. The van der Waals surface area contributed by atoms with E-state index in [4.69, 9.17) is 0 Å². The number of carbonyl (C=O) groups is 1. The van der Waals surface area contributed by atoms with E-state index in [2.05, 4.69) is 4.98 Å². The van der Waals surface area contributed by atoms with Crippen molar-refractivity contribution in [3.8, 4) is 11.3 Å². The predicted molar refractivity (Wildman–Crippen MR) is 64.8 cm³/mol. The van der Waals surface area contributed by atoms with E-state index in [-0.39, 0.29) is 0 Å². The molecule has 0 unspecified atom stereocenters. The highest BCUT2D eigenvalue weighted by atomic mass is 16.1. The molecule has 0 amide bonds. The van der Waals surface area contributed by atoms with E-state index in [1.54, 1.807) is 12.3 Å². The Morgan fingerprint density at radius 3 is 2.75 bits per heavy atom. The van der Waals surface area contributed by atoms with Crippen molar-refractivity contribution < 1.29 is 4.79 Å². The fourth-order valence-corrected chi connectivity index (χ4v) is 1.49. The highest BCUT2D eigenvalue weighted by molar-refractivity contribution is 5.75. The molecule has 0 saturated carbocycles. The number of carbonyl (C=O) groups excluding carboxylic acids is 1. The molecule has 1 aromatic carbocycles. The molecular weight excluding hydrogens is 198 g/mol. The molecule has 0 atom stereocenters. The van der Waals surface area contributed by atoms with Crippen LogP contribution in [0.2, 0.25) is 0 Å². The maximum absolute atomic E-state index is 10.2. The summed E-state index contributed by atoms with van der Waals surface area (Å²) < 4.78 is 0. The van der Waals surface area contributed by atoms with Crippen molar-refractivity contribution in [1.29, 1.82) is 0 Å². The Morgan fingerprint density at radius 1 is 1.06 bits per heavy atom. The summed E-state index contributed by atoms with van der Waals surface area (Å²) in [6.07, 6.45) is 5.80. The lowest BCUT2D eigenvalue weighted by atomic mass is 10.1. The zero-order valence-corrected chi connectivity index (χ0v) is 8.71. The van der Waals surface area contributed by atoms with Gasteiger partial charge in [-0.15, -0.1) is 0 Å². The van der Waals surface area contributed by atoms with Gasteiger partial charge in [-0.25, -0.2) is 0 Å². The summed E-state index contributed by atoms with van der Waals surface area (Å²) in [6.45, 7) is 0. The zero-order valence-electron chi connectivity index (χ0n) is 8.71. The average molecular weight is 209 g/mol. The third-order valence-corrected chi connectivity index (χ3v) is 2.21. The number of benzene rings is 1. The lowest BCUT2D eigenvalue weighted by Gasteiger charge is -2.01. The quantitative estimate of drug-likeness (QED) is 0.574. The van der Waals surface area contributed by atoms with Crippen molar-refractivity contribution in [1.82, 2.24) is 4.98 Å². The number of allylic oxidation sites excluding steroid dienone is 1. The van der Waals surface area contributed by atoms with Crippen molar-refractivity contribution in [3.63, 3.8) is 0 Å². The van der Waals surface area contributed by atoms with E-state index in [0.29, 0.717) is 0 Å². The molecule has 2 heteroatoms. The first-order valence-corrected chi connectivity index (χ1v) is 5.03. The third-order valence-electron chi connectivity index (χ3n) is 2.21. The normalized spacial score (nSPS) is 10.5. The van der Waals surface area contributed by atoms with E-state index in [1.165, 1.54) is 6.08 Å². The van der Waals surface area contributed by atoms with Crippen molar-refractivity contribution in [3.05, 3.63) is 60.3 Å². The monoisotopic (exact) mass is 209 g/mol. The van der Waals surface area contributed by atoms with E-state index in [9.17, 15) is 4.79 Å². The molecule has 0 fully saturated rings. The second kappa shape index (κ2) is 5.03. The Bertz CT molecular complexity index is 503. The summed E-state index contributed by atoms with van der Waals surface area (Å²) >= 11 is 0. The molecule has 0 saturated heterocycles. The van der Waals surface area contributed by atoms with E-state index in [1.807, 2.05) is 42.5 Å². The third kappa shape index (κ3) is 2.42. The maximum Gasteiger partial charge on any atom is 0.142 e. The Labute approximate surface area is 94.3 Å². The van der Waals surface area contributed by atoms with Gasteiger partial charge in [0.2, 0.25) is 0 Å². The number of pyridine rings is 1. The number of hydrogen-bond donors (Lipinski definition) is 0. The molecule has 0 N–H and O–H groups in total. The van der Waals surface area contributed by atoms with Gasteiger partial charge in [0.1, 0.15) is 6.29 Å². The molecule has 0 bridgehead atoms. The lowest BCUT2D eigenvalue weighted by molar-refractivity contribution is -0.104. The van der Waals surface area contributed by atoms with Crippen LogP contribution < -0.4 is 0 Å². The number of aldehydes is 1. The molecule has 16 heavy (non-hydrogen) atoms. The van der Waals surface area contributed by atoms with E-state index >= 15 is 0 Å². The Kier molecular flexibility index (Phi) is 3.24. The second-order valence-electron chi connectivity index (χ2n) is 3.34. The van der Waals surface area contributed by atoms with Crippen LogP contribution in [0.4, 0.5) is 0 Å². The first-order valence-electron chi connectivity index (χ1n) is 5.03. The highest BCUT2D eigenvalue weighted by Crippen LogP contribution is 2.18. The van der Waals surface area contributed by atoms with Gasteiger partial charge in [-0.1, -0.05) is 30.3 Å². The van der Waals surface area contributed by atoms with Gasteiger partial charge in [-0.2, -0.15) is 0 Å². The summed E-state index contributed by atoms with van der Waals surface area (Å²) in [4.78, 5) is 14.5. The fraction of sp³-hybridized carbons (Fsp3) is 0. The maximum atomic E-state index is 10.2. The number of aromatic nitrogens is 1. The van der Waals surface area contributed by atoms with Crippen LogP contribution in [0.5, 0.6) is 0 Å². The fourth-order valence-electron chi connectivity index (χ4n) is 1.49. The smallest absolute Gasteiger partial charge is 0.142 e. The average Bonchev–Trinajstić information content (AvgIpc) is 2.38. The van der Waals surface area contributed by atoms with Crippen LogP contribution in [0, 0.1) is 0 Å². The minimum absolute atomic E-state index is 0.771. The van der Waals surface area contributed by atoms with Crippen LogP contribution in [-0.2, 0) is 4.79 Å². The summed E-state index contributed by atoms with van der Waals surface area (Å²) in [7, 11) is 0. The van der Waals surface area contributed by atoms with Gasteiger partial charge in [-0.05, 0) is 29.8 Å². The molecule has 1 aromatic heterocycles. The van der Waals surface area contributed by atoms with Gasteiger partial charge in [0.25, 0.3) is 0 Å². The molecule has 2 nitrogen and oxygen atoms in total. The van der Waals surface area contributed by atoms with Crippen LogP contribution >= 0.6 is 0 Å². The first kappa shape index (κ1) is 10.3. The first-order chi connectivity index (χ1) is 7.90. The summed E-state index contributed by atoms with van der Waals surface area (Å²) in [5.41, 5.74) is 2.98. The van der Waals surface area contributed by atoms with E-state index in [0.717, 1.165) is 23.1 Å². The lowest BCUT2D eigenvalue weighted by Crippen LogP contribution is -1.82. The highest BCUT2D eigenvalue weighted by Gasteiger charge is 1.97. The minimum Gasteiger partial charge on any atom is -0.299 e. The number of rotatable bonds is 3. The van der Waals surface area contributed by atoms with Crippen LogP contribution in [0.1, 0.15) is 5.56 Å². The molecule has 78 valence electrons. The molecule has 0 aliphatic rings. The Balaban J connectivity index is 2.36. The van der Waals surface area contributed by atoms with Crippen molar-refractivity contribution in [2.75, 3.05) is 0 Å². The molecular formula is C14H11NO. The van der Waals surface area contributed by atoms with Gasteiger partial charge < -0.3 is 0 Å². The molecule has 0 spiro atoms. The molecule has 0 aliphatic heterocycles. The van der Waals surface area contributed by atoms with Crippen LogP contribution in [0.15, 0.2) is 54.7 Å². The molecule has 0 radical (unpaired) electrons. The van der Waals surface area contributed by atoms with Gasteiger partial charge in [-0.3, -0.25) is 9.78 Å². The standard InChI is InChI=1S/C14H11NO/c16-10-4-6-12-5-3-7-13(11-12)14-8-1-2-9-15-14/h1-11H/b6-4+. The van der Waals surface area contributed by atoms with Gasteiger partial charge in [0.15, 0.2) is 0 Å². The second-order valence-corrected chi connectivity index (χ2v) is 3.34. The van der Waals surface area contributed by atoms with Crippen molar-refractivity contribution >= 4 is 12.4 Å². The Morgan fingerprint density at radius 2 is 2.00 bits per heavy atom. The zero-order chi connectivity index (χ0) is 11.2. The summed E-state index contributed by atoms with van der Waals surface area (Å²) in [5.74, 6) is 0. The molecule has 2 rings (SSSR count). The summed E-state index contributed by atoms with van der Waals surface area (Å²) in [5, 5.41) is 0. The van der Waals surface area contributed by atoms with Gasteiger partial charge in [0.05, 0.1) is 5.69 Å². The largest absolute Gasteiger partial charge is 0.299 e. The number of hydrogen-bond acceptors (Lipinski definition) is 2. The molecule has 1 heterocycles. The van der Waals surface area contributed by atoms with Crippen molar-refractivity contribution in [2.45, 2.75) is 0 Å². The van der Waals surface area contributed by atoms with Crippen LogP contribution in [0.25, 0.3) is 17.3 Å². The van der Waals surface area contributed by atoms with E-state index < -0.39 is 0 Å². The SMILES string of the molecule is O=C/C=C/c1cccc(-c2ccccn2)c1. The Hall–Kier alpha value is -2.22. The molecule has 0 aliphatic carbocycles. The van der Waals surface area contributed by atoms with Gasteiger partial charge in [0, 0.05) is 11.8 Å². The minimum atomic E-state index is 0.771.